The Morgan fingerprint density at radius 3 is 2.58 bits per heavy atom. The first kappa shape index (κ1) is 20.3. The average Bonchev–Trinajstić information content (AvgIpc) is 2.87. The molecular weight excluding hydrogens is 374 g/mol. The summed E-state index contributed by atoms with van der Waals surface area (Å²) in [5.74, 6) is 0.403. The minimum absolute atomic E-state index is 0.0944. The molecule has 140 valence electrons. The van der Waals surface area contributed by atoms with Crippen molar-refractivity contribution >= 4 is 46.3 Å². The molecule has 0 aliphatic carbocycles. The zero-order valence-electron chi connectivity index (χ0n) is 14.9. The second-order valence-electron chi connectivity index (χ2n) is 5.16. The van der Waals surface area contributed by atoms with Crippen molar-refractivity contribution in [2.45, 2.75) is 20.8 Å². The number of esters is 1. The second kappa shape index (κ2) is 9.59. The molecule has 0 saturated carbocycles. The highest BCUT2D eigenvalue weighted by Crippen LogP contribution is 2.34. The number of nitrogens with zero attached hydrogens (tertiary/aromatic N) is 1. The molecule has 0 bridgehead atoms. The SMILES string of the molecule is CCOC(=O)COc1ccc(/C=C2/SC(=S)N(CC)C2=O)cc1OCC. The summed E-state index contributed by atoms with van der Waals surface area (Å²) in [6.45, 7) is 6.58. The van der Waals surface area contributed by atoms with Gasteiger partial charge in [0.05, 0.1) is 18.1 Å². The van der Waals surface area contributed by atoms with E-state index in [1.807, 2.05) is 13.8 Å². The van der Waals surface area contributed by atoms with E-state index in [2.05, 4.69) is 0 Å². The molecule has 8 heteroatoms. The maximum atomic E-state index is 12.3. The van der Waals surface area contributed by atoms with E-state index in [0.717, 1.165) is 5.56 Å². The number of thioether (sulfide) groups is 1. The van der Waals surface area contributed by atoms with Gasteiger partial charge in [-0.2, -0.15) is 0 Å². The van der Waals surface area contributed by atoms with Gasteiger partial charge >= 0.3 is 5.97 Å². The third kappa shape index (κ3) is 4.98. The number of thiocarbonyl (C=S) groups is 1. The van der Waals surface area contributed by atoms with Gasteiger partial charge in [0.25, 0.3) is 5.91 Å². The Bertz CT molecular complexity index is 732. The van der Waals surface area contributed by atoms with Gasteiger partial charge in [0.2, 0.25) is 0 Å². The first-order valence-corrected chi connectivity index (χ1v) is 9.53. The van der Waals surface area contributed by atoms with E-state index in [1.165, 1.54) is 11.8 Å². The number of likely N-dealkylation sites (N-methyl/N-ethyl adjacent to an activating group) is 1. The van der Waals surface area contributed by atoms with E-state index >= 15 is 0 Å². The maximum Gasteiger partial charge on any atom is 0.344 e. The maximum absolute atomic E-state index is 12.3. The van der Waals surface area contributed by atoms with Crippen LogP contribution in [0.2, 0.25) is 0 Å². The summed E-state index contributed by atoms with van der Waals surface area (Å²) in [6.07, 6.45) is 1.77. The molecule has 2 rings (SSSR count). The van der Waals surface area contributed by atoms with Gasteiger partial charge in [-0.15, -0.1) is 0 Å². The number of benzene rings is 1. The van der Waals surface area contributed by atoms with Crippen LogP contribution in [0.5, 0.6) is 11.5 Å². The molecule has 1 aliphatic heterocycles. The van der Waals surface area contributed by atoms with Gasteiger partial charge in [0.15, 0.2) is 18.1 Å². The van der Waals surface area contributed by atoms with Crippen molar-refractivity contribution in [3.8, 4) is 11.5 Å². The average molecular weight is 396 g/mol. The molecular formula is C18H21NO5S2. The molecule has 0 atom stereocenters. The normalized spacial score (nSPS) is 15.5. The van der Waals surface area contributed by atoms with E-state index in [-0.39, 0.29) is 12.5 Å². The first-order chi connectivity index (χ1) is 12.5. The fraction of sp³-hybridized carbons (Fsp3) is 0.389. The van der Waals surface area contributed by atoms with Gasteiger partial charge in [-0.3, -0.25) is 9.69 Å². The minimum atomic E-state index is -0.442. The third-order valence-corrected chi connectivity index (χ3v) is 4.78. The van der Waals surface area contributed by atoms with Crippen molar-refractivity contribution < 1.29 is 23.8 Å². The van der Waals surface area contributed by atoms with E-state index < -0.39 is 5.97 Å². The largest absolute Gasteiger partial charge is 0.490 e. The van der Waals surface area contributed by atoms with Crippen LogP contribution in [0, 0.1) is 0 Å². The highest BCUT2D eigenvalue weighted by atomic mass is 32.2. The number of carbonyl (C=O) groups excluding carboxylic acids is 2. The fourth-order valence-corrected chi connectivity index (χ4v) is 3.65. The molecule has 1 aliphatic rings. The van der Waals surface area contributed by atoms with Crippen LogP contribution in [0.3, 0.4) is 0 Å². The Labute approximate surface area is 162 Å². The Morgan fingerprint density at radius 1 is 1.19 bits per heavy atom. The van der Waals surface area contributed by atoms with Crippen LogP contribution in [-0.4, -0.2) is 47.5 Å². The number of carbonyl (C=O) groups is 2. The standard InChI is InChI=1S/C18H21NO5S2/c1-4-19-17(21)15(26-18(19)25)10-12-7-8-13(14(9-12)22-5-2)24-11-16(20)23-6-3/h7-10H,4-6,11H2,1-3H3/b15-10+. The van der Waals surface area contributed by atoms with Crippen molar-refractivity contribution in [1.29, 1.82) is 0 Å². The van der Waals surface area contributed by atoms with Crippen molar-refractivity contribution in [2.75, 3.05) is 26.4 Å². The van der Waals surface area contributed by atoms with E-state index in [0.29, 0.717) is 40.5 Å². The molecule has 6 nitrogen and oxygen atoms in total. The lowest BCUT2D eigenvalue weighted by Crippen LogP contribution is -2.27. The molecule has 26 heavy (non-hydrogen) atoms. The van der Waals surface area contributed by atoms with Crippen LogP contribution in [0.1, 0.15) is 26.3 Å². The molecule has 0 N–H and O–H groups in total. The number of rotatable bonds is 8. The lowest BCUT2D eigenvalue weighted by Gasteiger charge is -2.12. The van der Waals surface area contributed by atoms with Crippen LogP contribution < -0.4 is 9.47 Å². The van der Waals surface area contributed by atoms with Crippen molar-refractivity contribution in [3.63, 3.8) is 0 Å². The predicted molar refractivity (Wildman–Crippen MR) is 105 cm³/mol. The lowest BCUT2D eigenvalue weighted by atomic mass is 10.2. The summed E-state index contributed by atoms with van der Waals surface area (Å²) in [7, 11) is 0. The first-order valence-electron chi connectivity index (χ1n) is 8.30. The summed E-state index contributed by atoms with van der Waals surface area (Å²) >= 11 is 6.50. The van der Waals surface area contributed by atoms with Gasteiger partial charge in [-0.25, -0.2) is 4.79 Å². The molecule has 1 amide bonds. The second-order valence-corrected chi connectivity index (χ2v) is 6.83. The van der Waals surface area contributed by atoms with E-state index in [1.54, 1.807) is 36.1 Å². The minimum Gasteiger partial charge on any atom is -0.490 e. The topological polar surface area (TPSA) is 65.1 Å². The lowest BCUT2D eigenvalue weighted by molar-refractivity contribution is -0.145. The highest BCUT2D eigenvalue weighted by Gasteiger charge is 2.30. The third-order valence-electron chi connectivity index (χ3n) is 3.41. The van der Waals surface area contributed by atoms with Crippen LogP contribution in [0.25, 0.3) is 6.08 Å². The van der Waals surface area contributed by atoms with Gasteiger partial charge in [-0.1, -0.05) is 30.0 Å². The van der Waals surface area contributed by atoms with E-state index in [4.69, 9.17) is 26.4 Å². The molecule has 1 fully saturated rings. The van der Waals surface area contributed by atoms with Crippen LogP contribution in [0.4, 0.5) is 0 Å². The van der Waals surface area contributed by atoms with Crippen molar-refractivity contribution in [3.05, 3.63) is 28.7 Å². The molecule has 0 radical (unpaired) electrons. The molecule has 0 unspecified atom stereocenters. The summed E-state index contributed by atoms with van der Waals surface area (Å²) in [5, 5.41) is 0. The number of ether oxygens (including phenoxy) is 3. The zero-order chi connectivity index (χ0) is 19.1. The van der Waals surface area contributed by atoms with Gasteiger partial charge in [0.1, 0.15) is 4.32 Å². The summed E-state index contributed by atoms with van der Waals surface area (Å²) in [5.41, 5.74) is 0.786. The Hall–Kier alpha value is -2.06. The van der Waals surface area contributed by atoms with Crippen molar-refractivity contribution in [1.82, 2.24) is 4.90 Å². The molecule has 0 spiro atoms. The smallest absolute Gasteiger partial charge is 0.344 e. The van der Waals surface area contributed by atoms with Gasteiger partial charge in [-0.05, 0) is 44.5 Å². The van der Waals surface area contributed by atoms with Crippen LogP contribution >= 0.6 is 24.0 Å². The molecule has 1 aromatic rings. The van der Waals surface area contributed by atoms with Gasteiger partial charge < -0.3 is 14.2 Å². The Kier molecular flexibility index (Phi) is 7.47. The Balaban J connectivity index is 2.19. The molecule has 1 aromatic carbocycles. The van der Waals surface area contributed by atoms with Gasteiger partial charge in [0, 0.05) is 6.54 Å². The zero-order valence-corrected chi connectivity index (χ0v) is 16.6. The number of hydrogen-bond donors (Lipinski definition) is 0. The number of hydrogen-bond acceptors (Lipinski definition) is 7. The van der Waals surface area contributed by atoms with Crippen molar-refractivity contribution in [2.24, 2.45) is 0 Å². The quantitative estimate of drug-likeness (QED) is 0.380. The molecule has 0 aromatic heterocycles. The number of amides is 1. The summed E-state index contributed by atoms with van der Waals surface area (Å²) < 4.78 is 16.5. The monoisotopic (exact) mass is 395 g/mol. The Morgan fingerprint density at radius 2 is 1.96 bits per heavy atom. The van der Waals surface area contributed by atoms with Crippen LogP contribution in [-0.2, 0) is 14.3 Å². The fourth-order valence-electron chi connectivity index (χ4n) is 2.27. The highest BCUT2D eigenvalue weighted by molar-refractivity contribution is 8.26. The van der Waals surface area contributed by atoms with E-state index in [9.17, 15) is 9.59 Å². The molecule has 1 heterocycles. The summed E-state index contributed by atoms with van der Waals surface area (Å²) in [4.78, 5) is 25.9. The molecule has 1 saturated heterocycles. The summed E-state index contributed by atoms with van der Waals surface area (Å²) in [6, 6.07) is 5.26. The van der Waals surface area contributed by atoms with Crippen LogP contribution in [0.15, 0.2) is 23.1 Å². The predicted octanol–water partition coefficient (Wildman–Crippen LogP) is 3.25.